The van der Waals surface area contributed by atoms with Crippen LogP contribution in [0.3, 0.4) is 0 Å². The van der Waals surface area contributed by atoms with Crippen LogP contribution in [-0.4, -0.2) is 16.3 Å². The summed E-state index contributed by atoms with van der Waals surface area (Å²) < 4.78 is 1.97. The zero-order valence-electron chi connectivity index (χ0n) is 11.3. The van der Waals surface area contributed by atoms with Crippen molar-refractivity contribution in [3.8, 4) is 10.6 Å². The second-order valence-electron chi connectivity index (χ2n) is 4.43. The highest BCUT2D eigenvalue weighted by atomic mass is 32.1. The predicted molar refractivity (Wildman–Crippen MR) is 77.9 cm³/mol. The van der Waals surface area contributed by atoms with Gasteiger partial charge in [-0.2, -0.15) is 5.10 Å². The van der Waals surface area contributed by atoms with E-state index in [0.29, 0.717) is 6.04 Å². The lowest BCUT2D eigenvalue weighted by atomic mass is 10.2. The Hall–Kier alpha value is -1.13. The van der Waals surface area contributed by atoms with Crippen LogP contribution >= 0.6 is 11.3 Å². The van der Waals surface area contributed by atoms with Gasteiger partial charge in [-0.25, -0.2) is 0 Å². The van der Waals surface area contributed by atoms with Crippen molar-refractivity contribution in [3.63, 3.8) is 0 Å². The fourth-order valence-corrected chi connectivity index (χ4v) is 2.85. The van der Waals surface area contributed by atoms with Gasteiger partial charge in [-0.05, 0) is 45.0 Å². The van der Waals surface area contributed by atoms with Crippen LogP contribution < -0.4 is 5.32 Å². The molecule has 2 aromatic heterocycles. The van der Waals surface area contributed by atoms with Crippen LogP contribution in [0.2, 0.25) is 0 Å². The smallest absolute Gasteiger partial charge is 0.102 e. The van der Waals surface area contributed by atoms with Gasteiger partial charge in [0.1, 0.15) is 5.69 Å². The van der Waals surface area contributed by atoms with Crippen LogP contribution in [0.1, 0.15) is 38.1 Å². The van der Waals surface area contributed by atoms with Gasteiger partial charge >= 0.3 is 0 Å². The number of hydrogen-bond donors (Lipinski definition) is 1. The third kappa shape index (κ3) is 3.00. The Bertz CT molecular complexity index is 487. The van der Waals surface area contributed by atoms with Gasteiger partial charge in [0.05, 0.1) is 4.88 Å². The molecule has 0 aliphatic rings. The normalized spacial score (nSPS) is 12.8. The molecule has 0 aromatic carbocycles. The first-order chi connectivity index (χ1) is 8.74. The van der Waals surface area contributed by atoms with Gasteiger partial charge in [-0.3, -0.25) is 4.68 Å². The molecule has 0 aliphatic heterocycles. The summed E-state index contributed by atoms with van der Waals surface area (Å²) in [5.41, 5.74) is 1.08. The minimum atomic E-state index is 0.428. The van der Waals surface area contributed by atoms with Gasteiger partial charge < -0.3 is 5.32 Å². The fraction of sp³-hybridized carbons (Fsp3) is 0.500. The van der Waals surface area contributed by atoms with Crippen LogP contribution in [0, 0.1) is 0 Å². The van der Waals surface area contributed by atoms with Gasteiger partial charge in [0, 0.05) is 23.7 Å². The summed E-state index contributed by atoms with van der Waals surface area (Å²) in [7, 11) is 0. The second-order valence-corrected chi connectivity index (χ2v) is 5.55. The van der Waals surface area contributed by atoms with E-state index in [1.807, 2.05) is 22.2 Å². The van der Waals surface area contributed by atoms with Gasteiger partial charge in [-0.1, -0.05) is 6.92 Å². The van der Waals surface area contributed by atoms with E-state index in [1.54, 1.807) is 0 Å². The first kappa shape index (κ1) is 13.3. The standard InChI is InChI=1S/C14H21N3S/c1-4-9-15-11(3)13-6-7-14(18-13)12-8-10-17(5-2)16-12/h6-8,10-11,15H,4-5,9H2,1-3H3. The van der Waals surface area contributed by atoms with E-state index in [9.17, 15) is 0 Å². The summed E-state index contributed by atoms with van der Waals surface area (Å²) >= 11 is 1.83. The molecule has 0 saturated heterocycles. The third-order valence-corrected chi connectivity index (χ3v) is 4.26. The molecule has 0 bridgehead atoms. The molecule has 98 valence electrons. The van der Waals surface area contributed by atoms with E-state index in [4.69, 9.17) is 0 Å². The average Bonchev–Trinajstić information content (AvgIpc) is 3.03. The molecule has 0 fully saturated rings. The molecular weight excluding hydrogens is 242 g/mol. The molecule has 1 unspecified atom stereocenters. The quantitative estimate of drug-likeness (QED) is 0.861. The summed E-state index contributed by atoms with van der Waals surface area (Å²) in [5, 5.41) is 8.06. The van der Waals surface area contributed by atoms with Crippen LogP contribution in [0.5, 0.6) is 0 Å². The molecule has 2 heterocycles. The molecule has 3 nitrogen and oxygen atoms in total. The van der Waals surface area contributed by atoms with Gasteiger partial charge in [0.15, 0.2) is 0 Å². The Labute approximate surface area is 113 Å². The van der Waals surface area contributed by atoms with E-state index >= 15 is 0 Å². The van der Waals surface area contributed by atoms with Crippen molar-refractivity contribution in [2.24, 2.45) is 0 Å². The molecule has 0 saturated carbocycles. The largest absolute Gasteiger partial charge is 0.309 e. The summed E-state index contributed by atoms with van der Waals surface area (Å²) in [6.07, 6.45) is 3.21. The number of hydrogen-bond acceptors (Lipinski definition) is 3. The van der Waals surface area contributed by atoms with E-state index in [-0.39, 0.29) is 0 Å². The van der Waals surface area contributed by atoms with Crippen molar-refractivity contribution < 1.29 is 0 Å². The van der Waals surface area contributed by atoms with Crippen molar-refractivity contribution in [1.82, 2.24) is 15.1 Å². The fourth-order valence-electron chi connectivity index (χ4n) is 1.85. The van der Waals surface area contributed by atoms with E-state index in [0.717, 1.165) is 18.8 Å². The Kier molecular flexibility index (Phi) is 4.55. The third-order valence-electron chi connectivity index (χ3n) is 2.97. The van der Waals surface area contributed by atoms with E-state index in [1.165, 1.54) is 16.2 Å². The molecule has 1 N–H and O–H groups in total. The van der Waals surface area contributed by atoms with E-state index < -0.39 is 0 Å². The lowest BCUT2D eigenvalue weighted by Crippen LogP contribution is -2.18. The lowest BCUT2D eigenvalue weighted by molar-refractivity contribution is 0.578. The molecule has 0 spiro atoms. The van der Waals surface area contributed by atoms with Gasteiger partial charge in [0.2, 0.25) is 0 Å². The zero-order valence-corrected chi connectivity index (χ0v) is 12.1. The molecule has 2 aromatic rings. The summed E-state index contributed by atoms with van der Waals surface area (Å²) in [5.74, 6) is 0. The number of nitrogens with one attached hydrogen (secondary N) is 1. The van der Waals surface area contributed by atoms with Crippen molar-refractivity contribution in [1.29, 1.82) is 0 Å². The van der Waals surface area contributed by atoms with Crippen LogP contribution in [-0.2, 0) is 6.54 Å². The number of thiophene rings is 1. The molecule has 0 amide bonds. The Morgan fingerprint density at radius 1 is 1.33 bits per heavy atom. The first-order valence-corrected chi connectivity index (χ1v) is 7.43. The molecule has 18 heavy (non-hydrogen) atoms. The molecule has 1 atom stereocenters. The molecule has 0 radical (unpaired) electrons. The minimum Gasteiger partial charge on any atom is -0.309 e. The predicted octanol–water partition coefficient (Wildman–Crippen LogP) is 3.69. The first-order valence-electron chi connectivity index (χ1n) is 6.61. The van der Waals surface area contributed by atoms with Crippen LogP contribution in [0.25, 0.3) is 10.6 Å². The topological polar surface area (TPSA) is 29.9 Å². The SMILES string of the molecule is CCCNC(C)c1ccc(-c2ccn(CC)n2)s1. The summed E-state index contributed by atoms with van der Waals surface area (Å²) in [6.45, 7) is 8.51. The Morgan fingerprint density at radius 2 is 2.17 bits per heavy atom. The maximum absolute atomic E-state index is 4.54. The van der Waals surface area contributed by atoms with Crippen LogP contribution in [0.4, 0.5) is 0 Å². The highest BCUT2D eigenvalue weighted by Crippen LogP contribution is 2.30. The number of aromatic nitrogens is 2. The number of aryl methyl sites for hydroxylation is 1. The average molecular weight is 263 g/mol. The van der Waals surface area contributed by atoms with Gasteiger partial charge in [0.25, 0.3) is 0 Å². The number of rotatable bonds is 6. The van der Waals surface area contributed by atoms with E-state index in [2.05, 4.69) is 49.4 Å². The highest BCUT2D eigenvalue weighted by molar-refractivity contribution is 7.15. The molecule has 2 rings (SSSR count). The Morgan fingerprint density at radius 3 is 2.83 bits per heavy atom. The molecular formula is C14H21N3S. The zero-order chi connectivity index (χ0) is 13.0. The molecule has 4 heteroatoms. The highest BCUT2D eigenvalue weighted by Gasteiger charge is 2.10. The summed E-state index contributed by atoms with van der Waals surface area (Å²) in [4.78, 5) is 2.63. The number of nitrogens with zero attached hydrogens (tertiary/aromatic N) is 2. The minimum absolute atomic E-state index is 0.428. The second kappa shape index (κ2) is 6.16. The Balaban J connectivity index is 2.09. The van der Waals surface area contributed by atoms with Crippen molar-refractivity contribution in [2.45, 2.75) is 39.8 Å². The van der Waals surface area contributed by atoms with Crippen molar-refractivity contribution in [3.05, 3.63) is 29.3 Å². The van der Waals surface area contributed by atoms with Crippen LogP contribution in [0.15, 0.2) is 24.4 Å². The van der Waals surface area contributed by atoms with Crippen molar-refractivity contribution in [2.75, 3.05) is 6.54 Å². The lowest BCUT2D eigenvalue weighted by Gasteiger charge is -2.10. The summed E-state index contributed by atoms with van der Waals surface area (Å²) in [6, 6.07) is 6.89. The van der Waals surface area contributed by atoms with Gasteiger partial charge in [-0.15, -0.1) is 11.3 Å². The van der Waals surface area contributed by atoms with Crippen molar-refractivity contribution >= 4 is 11.3 Å². The maximum atomic E-state index is 4.54. The molecule has 0 aliphatic carbocycles. The monoisotopic (exact) mass is 263 g/mol. The maximum Gasteiger partial charge on any atom is 0.102 e.